The molecule has 2 amide bonds. The molecule has 7 heteroatoms. The van der Waals surface area contributed by atoms with Crippen molar-refractivity contribution in [3.8, 4) is 0 Å². The van der Waals surface area contributed by atoms with Crippen LogP contribution in [0, 0.1) is 11.3 Å². The minimum absolute atomic E-state index is 0.0823. The summed E-state index contributed by atoms with van der Waals surface area (Å²) in [7, 11) is 1.85. The zero-order valence-corrected chi connectivity index (χ0v) is 17.0. The number of amides is 2. The SMILES string of the molecule is CCc1cc(C(=O)NCC(NC(=O)C23CCCN(CC2)C3)C(C)C)nn1C. The fourth-order valence-corrected chi connectivity index (χ4v) is 4.31. The van der Waals surface area contributed by atoms with Crippen molar-refractivity contribution in [2.45, 2.75) is 52.5 Å². The second-order valence-electron chi connectivity index (χ2n) is 8.44. The molecule has 0 aromatic carbocycles. The number of carbonyl (C=O) groups is 2. The molecule has 0 aliphatic carbocycles. The third-order valence-corrected chi connectivity index (χ3v) is 6.22. The van der Waals surface area contributed by atoms with Crippen molar-refractivity contribution < 1.29 is 9.59 Å². The Morgan fingerprint density at radius 1 is 1.30 bits per heavy atom. The van der Waals surface area contributed by atoms with Crippen LogP contribution in [-0.4, -0.2) is 58.7 Å². The normalized spacial score (nSPS) is 25.4. The molecule has 2 N–H and O–H groups in total. The van der Waals surface area contributed by atoms with Gasteiger partial charge in [-0.15, -0.1) is 0 Å². The number of hydrogen-bond acceptors (Lipinski definition) is 4. The lowest BCUT2D eigenvalue weighted by atomic mass is 9.79. The van der Waals surface area contributed by atoms with Gasteiger partial charge in [0.1, 0.15) is 5.69 Å². The third kappa shape index (κ3) is 4.18. The van der Waals surface area contributed by atoms with E-state index in [0.717, 1.165) is 51.0 Å². The molecule has 27 heavy (non-hydrogen) atoms. The van der Waals surface area contributed by atoms with Crippen molar-refractivity contribution in [2.24, 2.45) is 18.4 Å². The smallest absolute Gasteiger partial charge is 0.271 e. The van der Waals surface area contributed by atoms with Crippen molar-refractivity contribution in [1.82, 2.24) is 25.3 Å². The van der Waals surface area contributed by atoms with E-state index in [1.807, 2.05) is 20.0 Å². The Hall–Kier alpha value is -1.89. The number of aryl methyl sites for hydroxylation is 2. The quantitative estimate of drug-likeness (QED) is 0.754. The van der Waals surface area contributed by atoms with Crippen LogP contribution < -0.4 is 10.6 Å². The summed E-state index contributed by atoms with van der Waals surface area (Å²) in [4.78, 5) is 27.9. The average molecular weight is 376 g/mol. The summed E-state index contributed by atoms with van der Waals surface area (Å²) in [5, 5.41) is 10.5. The van der Waals surface area contributed by atoms with Gasteiger partial charge in [-0.2, -0.15) is 5.10 Å². The zero-order valence-electron chi connectivity index (χ0n) is 17.0. The molecule has 1 aromatic rings. The van der Waals surface area contributed by atoms with E-state index in [1.54, 1.807) is 4.68 Å². The first-order chi connectivity index (χ1) is 12.8. The Kier molecular flexibility index (Phi) is 5.89. The van der Waals surface area contributed by atoms with E-state index in [2.05, 4.69) is 34.5 Å². The highest BCUT2D eigenvalue weighted by Crippen LogP contribution is 2.39. The molecule has 3 atom stereocenters. The summed E-state index contributed by atoms with van der Waals surface area (Å²) in [6.45, 7) is 9.62. The van der Waals surface area contributed by atoms with E-state index < -0.39 is 0 Å². The topological polar surface area (TPSA) is 79.3 Å². The van der Waals surface area contributed by atoms with Crippen LogP contribution >= 0.6 is 0 Å². The number of piperidine rings is 1. The van der Waals surface area contributed by atoms with Crippen LogP contribution in [0.5, 0.6) is 0 Å². The maximum atomic E-state index is 13.0. The van der Waals surface area contributed by atoms with Crippen LogP contribution in [0.25, 0.3) is 0 Å². The van der Waals surface area contributed by atoms with Crippen LogP contribution in [0.2, 0.25) is 0 Å². The van der Waals surface area contributed by atoms with Crippen LogP contribution in [0.1, 0.15) is 56.2 Å². The third-order valence-electron chi connectivity index (χ3n) is 6.22. The fraction of sp³-hybridized carbons (Fsp3) is 0.750. The van der Waals surface area contributed by atoms with Crippen LogP contribution in [-0.2, 0) is 18.3 Å². The van der Waals surface area contributed by atoms with Gasteiger partial charge in [-0.25, -0.2) is 0 Å². The summed E-state index contributed by atoms with van der Waals surface area (Å²) >= 11 is 0. The Bertz CT molecular complexity index is 695. The maximum absolute atomic E-state index is 13.0. The number of nitrogens with one attached hydrogen (secondary N) is 2. The van der Waals surface area contributed by atoms with Gasteiger partial charge < -0.3 is 15.5 Å². The van der Waals surface area contributed by atoms with Crippen molar-refractivity contribution >= 4 is 11.8 Å². The summed E-state index contributed by atoms with van der Waals surface area (Å²) in [6, 6.07) is 1.74. The van der Waals surface area contributed by atoms with Gasteiger partial charge in [-0.3, -0.25) is 14.3 Å². The maximum Gasteiger partial charge on any atom is 0.271 e. The Morgan fingerprint density at radius 3 is 2.74 bits per heavy atom. The molecule has 0 spiro atoms. The first-order valence-electron chi connectivity index (χ1n) is 10.2. The summed E-state index contributed by atoms with van der Waals surface area (Å²) in [6.07, 6.45) is 3.85. The fourth-order valence-electron chi connectivity index (χ4n) is 4.31. The van der Waals surface area contributed by atoms with Crippen LogP contribution in [0.15, 0.2) is 6.07 Å². The van der Waals surface area contributed by atoms with Crippen LogP contribution in [0.3, 0.4) is 0 Å². The van der Waals surface area contributed by atoms with Gasteiger partial charge in [0.15, 0.2) is 0 Å². The molecule has 2 aliphatic heterocycles. The van der Waals surface area contributed by atoms with E-state index in [0.29, 0.717) is 12.2 Å². The molecular formula is C20H33N5O2. The molecule has 2 bridgehead atoms. The van der Waals surface area contributed by atoms with Crippen molar-refractivity contribution in [2.75, 3.05) is 26.2 Å². The molecule has 2 aliphatic rings. The Balaban J connectivity index is 1.59. The predicted octanol–water partition coefficient (Wildman–Crippen LogP) is 1.34. The Morgan fingerprint density at radius 2 is 2.07 bits per heavy atom. The molecule has 2 saturated heterocycles. The van der Waals surface area contributed by atoms with E-state index in [1.165, 1.54) is 0 Å². The van der Waals surface area contributed by atoms with E-state index in [9.17, 15) is 9.59 Å². The largest absolute Gasteiger partial charge is 0.351 e. The number of hydrogen-bond donors (Lipinski definition) is 2. The summed E-state index contributed by atoms with van der Waals surface area (Å²) in [5.74, 6) is 0.207. The summed E-state index contributed by atoms with van der Waals surface area (Å²) in [5.41, 5.74) is 1.23. The van der Waals surface area contributed by atoms with Gasteiger partial charge in [0.05, 0.1) is 5.41 Å². The molecule has 1 aromatic heterocycles. The van der Waals surface area contributed by atoms with Crippen LogP contribution in [0.4, 0.5) is 0 Å². The number of carbonyl (C=O) groups excluding carboxylic acids is 2. The lowest BCUT2D eigenvalue weighted by molar-refractivity contribution is -0.132. The van der Waals surface area contributed by atoms with Gasteiger partial charge in [0, 0.05) is 31.9 Å². The van der Waals surface area contributed by atoms with E-state index >= 15 is 0 Å². The highest BCUT2D eigenvalue weighted by atomic mass is 16.2. The molecule has 3 rings (SSSR count). The number of aromatic nitrogens is 2. The molecule has 0 radical (unpaired) electrons. The highest BCUT2D eigenvalue weighted by molar-refractivity contribution is 5.92. The van der Waals surface area contributed by atoms with Crippen molar-refractivity contribution in [1.29, 1.82) is 0 Å². The lowest BCUT2D eigenvalue weighted by Crippen LogP contribution is -2.53. The second kappa shape index (κ2) is 8.00. The standard InChI is InChI=1S/C20H33N5O2/c1-5-15-11-16(23-24(15)4)18(26)21-12-17(14(2)3)22-19(27)20-7-6-9-25(13-20)10-8-20/h11,14,17H,5-10,12-13H2,1-4H3,(H,21,26)(H,22,27). The minimum atomic E-state index is -0.230. The van der Waals surface area contributed by atoms with E-state index in [-0.39, 0.29) is 29.2 Å². The lowest BCUT2D eigenvalue weighted by Gasteiger charge is -2.35. The first-order valence-corrected chi connectivity index (χ1v) is 10.2. The van der Waals surface area contributed by atoms with Gasteiger partial charge in [-0.1, -0.05) is 20.8 Å². The second-order valence-corrected chi connectivity index (χ2v) is 8.44. The molecule has 3 unspecified atom stereocenters. The monoisotopic (exact) mass is 375 g/mol. The van der Waals surface area contributed by atoms with E-state index in [4.69, 9.17) is 0 Å². The number of rotatable bonds is 7. The predicted molar refractivity (Wildman–Crippen MR) is 104 cm³/mol. The first kappa shape index (κ1) is 19.9. The summed E-state index contributed by atoms with van der Waals surface area (Å²) < 4.78 is 1.74. The number of nitrogens with zero attached hydrogens (tertiary/aromatic N) is 3. The molecule has 7 nitrogen and oxygen atoms in total. The number of fused-ring (bicyclic) bond motifs is 2. The Labute approximate surface area is 161 Å². The van der Waals surface area contributed by atoms with Gasteiger partial charge >= 0.3 is 0 Å². The minimum Gasteiger partial charge on any atom is -0.351 e. The van der Waals surface area contributed by atoms with Crippen molar-refractivity contribution in [3.05, 3.63) is 17.5 Å². The van der Waals surface area contributed by atoms with Crippen molar-refractivity contribution in [3.63, 3.8) is 0 Å². The zero-order chi connectivity index (χ0) is 19.6. The molecule has 0 saturated carbocycles. The average Bonchev–Trinajstić information content (AvgIpc) is 3.17. The molecule has 2 fully saturated rings. The highest BCUT2D eigenvalue weighted by Gasteiger charge is 2.47. The molecular weight excluding hydrogens is 342 g/mol. The molecule has 150 valence electrons. The van der Waals surface area contributed by atoms with Gasteiger partial charge in [0.2, 0.25) is 5.91 Å². The van der Waals surface area contributed by atoms with Gasteiger partial charge in [0.25, 0.3) is 5.91 Å². The van der Waals surface area contributed by atoms with Gasteiger partial charge in [-0.05, 0) is 50.8 Å². The molecule has 3 heterocycles.